The average molecular weight is 607 g/mol. The number of nitrogens with zero attached hydrogens (tertiary/aromatic N) is 5. The number of alkyl halides is 3. The van der Waals surface area contributed by atoms with Crippen LogP contribution in [0.3, 0.4) is 0 Å². The third kappa shape index (κ3) is 5.59. The molecule has 44 heavy (non-hydrogen) atoms. The molecular formula is C32H35F3N7O2+. The standard InChI is InChI=1S/C32H34F3N7O2/c1-19(2)23-14-24(15-23)31(44)41-12-3-4-22(18-41)28-26-17-37-11-13-42(26,36)29(40-28)20-5-7-21(8-6-20)30(43)39-27-16-25(9-10-38-27)32(33,34)35/h5-11,13,16-17,19,22-24H,3-4,12,14-15,18,36H2,1-2H3/p+1. The van der Waals surface area contributed by atoms with Gasteiger partial charge in [-0.1, -0.05) is 13.8 Å². The first kappa shape index (κ1) is 29.9. The summed E-state index contributed by atoms with van der Waals surface area (Å²) in [4.78, 5) is 41.3. The Morgan fingerprint density at radius 1 is 1.14 bits per heavy atom. The predicted octanol–water partition coefficient (Wildman–Crippen LogP) is 5.49. The Morgan fingerprint density at radius 3 is 2.59 bits per heavy atom. The molecule has 3 aliphatic heterocycles. The van der Waals surface area contributed by atoms with Crippen LogP contribution in [-0.2, 0) is 11.0 Å². The van der Waals surface area contributed by atoms with E-state index >= 15 is 0 Å². The molecule has 6 rings (SSSR count). The van der Waals surface area contributed by atoms with E-state index in [1.807, 2.05) is 4.90 Å². The highest BCUT2D eigenvalue weighted by Crippen LogP contribution is 2.42. The van der Waals surface area contributed by atoms with E-state index in [1.165, 1.54) is 0 Å². The number of aliphatic imine (C=N–C) groups is 2. The molecule has 4 heterocycles. The molecule has 12 heteroatoms. The minimum Gasteiger partial charge on any atom is -0.342 e. The smallest absolute Gasteiger partial charge is 0.342 e. The second-order valence-electron chi connectivity index (χ2n) is 12.3. The van der Waals surface area contributed by atoms with E-state index in [0.29, 0.717) is 29.8 Å². The third-order valence-corrected chi connectivity index (χ3v) is 9.14. The quantitative estimate of drug-likeness (QED) is 0.334. The van der Waals surface area contributed by atoms with Gasteiger partial charge in [-0.3, -0.25) is 14.6 Å². The number of halogens is 3. The van der Waals surface area contributed by atoms with Crippen LogP contribution in [0, 0.1) is 23.7 Å². The van der Waals surface area contributed by atoms with Gasteiger partial charge < -0.3 is 10.2 Å². The van der Waals surface area contributed by atoms with Gasteiger partial charge in [-0.25, -0.2) is 4.98 Å². The lowest BCUT2D eigenvalue weighted by Gasteiger charge is -2.41. The number of pyridine rings is 1. The van der Waals surface area contributed by atoms with Crippen LogP contribution in [0.15, 0.2) is 76.4 Å². The number of piperidine rings is 1. The predicted molar refractivity (Wildman–Crippen MR) is 160 cm³/mol. The molecule has 1 aromatic carbocycles. The van der Waals surface area contributed by atoms with Crippen molar-refractivity contribution in [2.24, 2.45) is 39.5 Å². The number of amidine groups is 1. The van der Waals surface area contributed by atoms with Gasteiger partial charge in [0, 0.05) is 36.7 Å². The summed E-state index contributed by atoms with van der Waals surface area (Å²) < 4.78 is 39.0. The number of likely N-dealkylation sites (tertiary alicyclic amines) is 1. The average Bonchev–Trinajstić information content (AvgIpc) is 3.29. The topological polar surface area (TPSA) is 113 Å². The minimum absolute atomic E-state index is 0.00480. The summed E-state index contributed by atoms with van der Waals surface area (Å²) in [6.07, 6.45) is 5.19. The summed E-state index contributed by atoms with van der Waals surface area (Å²) in [7, 11) is 0. The molecule has 2 amide bonds. The third-order valence-electron chi connectivity index (χ3n) is 9.14. The van der Waals surface area contributed by atoms with Crippen LogP contribution in [0.4, 0.5) is 19.0 Å². The van der Waals surface area contributed by atoms with Crippen LogP contribution in [0.25, 0.3) is 0 Å². The van der Waals surface area contributed by atoms with Crippen LogP contribution in [0.1, 0.15) is 61.0 Å². The molecule has 2 fully saturated rings. The molecule has 9 nitrogen and oxygen atoms in total. The molecule has 2 unspecified atom stereocenters. The number of rotatable bonds is 6. The monoisotopic (exact) mass is 606 g/mol. The Hall–Kier alpha value is -4.16. The number of hydrogen-bond acceptors (Lipinski definition) is 6. The summed E-state index contributed by atoms with van der Waals surface area (Å²) in [5.74, 6) is 8.21. The van der Waals surface area contributed by atoms with Gasteiger partial charge in [0.1, 0.15) is 17.7 Å². The lowest BCUT2D eigenvalue weighted by Crippen LogP contribution is -2.53. The Morgan fingerprint density at radius 2 is 1.89 bits per heavy atom. The van der Waals surface area contributed by atoms with Gasteiger partial charge in [0.05, 0.1) is 23.5 Å². The van der Waals surface area contributed by atoms with E-state index in [-0.39, 0.29) is 33.7 Å². The summed E-state index contributed by atoms with van der Waals surface area (Å²) in [6.45, 7) is 5.75. The van der Waals surface area contributed by atoms with Gasteiger partial charge in [0.2, 0.25) is 11.6 Å². The molecular weight excluding hydrogens is 571 g/mol. The molecule has 4 aliphatic rings. The number of nitrogens with one attached hydrogen (secondary N) is 1. The Balaban J connectivity index is 1.19. The fraction of sp³-hybridized carbons (Fsp3) is 0.406. The highest BCUT2D eigenvalue weighted by molar-refractivity contribution is 6.05. The molecule has 1 saturated heterocycles. The maximum atomic E-state index is 13.3. The van der Waals surface area contributed by atoms with Crippen molar-refractivity contribution in [3.05, 3.63) is 83.1 Å². The molecule has 0 spiro atoms. The number of fused-ring (bicyclic) bond motifs is 1. The number of allylic oxidation sites excluding steroid dienone is 1. The molecule has 2 atom stereocenters. The van der Waals surface area contributed by atoms with Gasteiger partial charge in [0.25, 0.3) is 11.7 Å². The van der Waals surface area contributed by atoms with Crippen molar-refractivity contribution >= 4 is 29.7 Å². The van der Waals surface area contributed by atoms with E-state index in [4.69, 9.17) is 10.8 Å². The van der Waals surface area contributed by atoms with Crippen molar-refractivity contribution in [2.75, 3.05) is 18.4 Å². The molecule has 1 aromatic heterocycles. The number of anilines is 1. The molecule has 0 radical (unpaired) electrons. The minimum atomic E-state index is -4.55. The number of aromatic nitrogens is 1. The Labute approximate surface area is 253 Å². The number of benzene rings is 1. The Kier molecular flexibility index (Phi) is 7.75. The highest BCUT2D eigenvalue weighted by Gasteiger charge is 2.47. The van der Waals surface area contributed by atoms with Gasteiger partial charge >= 0.3 is 6.18 Å². The summed E-state index contributed by atoms with van der Waals surface area (Å²) in [6, 6.07) is 8.17. The maximum absolute atomic E-state index is 13.3. The zero-order valence-electron chi connectivity index (χ0n) is 24.6. The maximum Gasteiger partial charge on any atom is 0.416 e. The van der Waals surface area contributed by atoms with Gasteiger partial charge in [-0.05, 0) is 73.9 Å². The fourth-order valence-corrected chi connectivity index (χ4v) is 6.41. The van der Waals surface area contributed by atoms with E-state index < -0.39 is 17.6 Å². The SMILES string of the molecule is CC(C)C1CC(C(=O)N2CCCC(C3=C4C=NC=C[N+]4(N)C(c4ccc(C(=O)Nc5cc(C(F)(F)F)ccn5)cc4)=N3)C2)C1. The lowest BCUT2D eigenvalue weighted by molar-refractivity contribution is -0.750. The number of hydrogen-bond donors (Lipinski definition) is 2. The van der Waals surface area contributed by atoms with E-state index in [2.05, 4.69) is 29.1 Å². The zero-order valence-corrected chi connectivity index (χ0v) is 24.6. The van der Waals surface area contributed by atoms with Crippen molar-refractivity contribution < 1.29 is 27.4 Å². The van der Waals surface area contributed by atoms with E-state index in [0.717, 1.165) is 62.0 Å². The van der Waals surface area contributed by atoms with Crippen LogP contribution in [0.5, 0.6) is 0 Å². The highest BCUT2D eigenvalue weighted by atomic mass is 19.4. The van der Waals surface area contributed by atoms with E-state index in [9.17, 15) is 22.8 Å². The number of quaternary nitrogens is 1. The van der Waals surface area contributed by atoms with Crippen LogP contribution < -0.4 is 11.2 Å². The van der Waals surface area contributed by atoms with Crippen LogP contribution in [0.2, 0.25) is 0 Å². The zero-order chi connectivity index (χ0) is 31.2. The molecule has 230 valence electrons. The van der Waals surface area contributed by atoms with Crippen molar-refractivity contribution in [1.82, 2.24) is 9.88 Å². The largest absolute Gasteiger partial charge is 0.416 e. The fourth-order valence-electron chi connectivity index (χ4n) is 6.41. The molecule has 1 aliphatic carbocycles. The lowest BCUT2D eigenvalue weighted by atomic mass is 9.69. The van der Waals surface area contributed by atoms with E-state index in [1.54, 1.807) is 42.9 Å². The molecule has 3 N–H and O–H groups in total. The number of nitrogens with two attached hydrogens (primary N) is 1. The van der Waals surface area contributed by atoms with Crippen molar-refractivity contribution in [1.29, 1.82) is 0 Å². The second kappa shape index (κ2) is 11.4. The van der Waals surface area contributed by atoms with Crippen LogP contribution >= 0.6 is 0 Å². The summed E-state index contributed by atoms with van der Waals surface area (Å²) in [5.41, 5.74) is 1.55. The van der Waals surface area contributed by atoms with Crippen molar-refractivity contribution in [3.63, 3.8) is 0 Å². The van der Waals surface area contributed by atoms with Gasteiger partial charge in [0.15, 0.2) is 0 Å². The van der Waals surface area contributed by atoms with Crippen LogP contribution in [-0.4, -0.2) is 51.4 Å². The van der Waals surface area contributed by atoms with Gasteiger partial charge in [-0.15, -0.1) is 4.59 Å². The number of carbonyl (C=O) groups is 2. The summed E-state index contributed by atoms with van der Waals surface area (Å²) in [5, 5.41) is 2.42. The Bertz CT molecular complexity index is 1590. The van der Waals surface area contributed by atoms with Crippen molar-refractivity contribution in [2.45, 2.75) is 45.7 Å². The number of amides is 2. The second-order valence-corrected chi connectivity index (χ2v) is 12.3. The van der Waals surface area contributed by atoms with Gasteiger partial charge in [-0.2, -0.15) is 24.0 Å². The first-order chi connectivity index (χ1) is 20.9. The molecule has 1 saturated carbocycles. The summed E-state index contributed by atoms with van der Waals surface area (Å²) >= 11 is 0. The number of carbonyl (C=O) groups excluding carboxylic acids is 2. The molecule has 0 bridgehead atoms. The van der Waals surface area contributed by atoms with Crippen molar-refractivity contribution in [3.8, 4) is 0 Å². The first-order valence-corrected chi connectivity index (χ1v) is 14.9. The normalized spacial score (nSPS) is 26.4. The first-order valence-electron chi connectivity index (χ1n) is 14.9. The molecule has 2 aromatic rings.